The molecule has 0 aliphatic heterocycles. The van der Waals surface area contributed by atoms with Crippen LogP contribution in [0.3, 0.4) is 0 Å². The standard InChI is InChI=1S/C18H17N3O2/c1-13(22)20-16-7-9-17(10-8-16)21-18(23)11-6-14-2-4-15(12-19)5-3-14/h2-5,7-10H,6,11H2,1H3,(H,20,22)(H,21,23). The van der Waals surface area contributed by atoms with Gasteiger partial charge < -0.3 is 10.6 Å². The minimum Gasteiger partial charge on any atom is -0.326 e. The second-order valence-electron chi connectivity index (χ2n) is 5.12. The Hall–Kier alpha value is -3.13. The summed E-state index contributed by atoms with van der Waals surface area (Å²) < 4.78 is 0. The van der Waals surface area contributed by atoms with Gasteiger partial charge in [0.05, 0.1) is 11.6 Å². The van der Waals surface area contributed by atoms with Crippen LogP contribution in [0.2, 0.25) is 0 Å². The first-order valence-electron chi connectivity index (χ1n) is 7.23. The summed E-state index contributed by atoms with van der Waals surface area (Å²) in [7, 11) is 0. The normalized spacial score (nSPS) is 9.74. The second-order valence-corrected chi connectivity index (χ2v) is 5.12. The topological polar surface area (TPSA) is 82.0 Å². The quantitative estimate of drug-likeness (QED) is 0.890. The van der Waals surface area contributed by atoms with Gasteiger partial charge in [-0.1, -0.05) is 12.1 Å². The third kappa shape index (κ3) is 5.29. The molecular weight excluding hydrogens is 290 g/mol. The Kier molecular flexibility index (Phi) is 5.48. The van der Waals surface area contributed by atoms with E-state index in [4.69, 9.17) is 5.26 Å². The summed E-state index contributed by atoms with van der Waals surface area (Å²) in [5.41, 5.74) is 3.00. The van der Waals surface area contributed by atoms with Gasteiger partial charge in [-0.15, -0.1) is 0 Å². The van der Waals surface area contributed by atoms with Crippen molar-refractivity contribution in [2.45, 2.75) is 19.8 Å². The van der Waals surface area contributed by atoms with Crippen molar-refractivity contribution in [1.82, 2.24) is 0 Å². The Balaban J connectivity index is 1.84. The monoisotopic (exact) mass is 307 g/mol. The fourth-order valence-electron chi connectivity index (χ4n) is 2.07. The largest absolute Gasteiger partial charge is 0.326 e. The first kappa shape index (κ1) is 16.2. The number of nitrogens with zero attached hydrogens (tertiary/aromatic N) is 1. The van der Waals surface area contributed by atoms with Crippen molar-refractivity contribution >= 4 is 23.2 Å². The summed E-state index contributed by atoms with van der Waals surface area (Å²) in [6.45, 7) is 1.44. The number of rotatable bonds is 5. The summed E-state index contributed by atoms with van der Waals surface area (Å²) in [6, 6.07) is 16.2. The van der Waals surface area contributed by atoms with Crippen molar-refractivity contribution in [3.05, 3.63) is 59.7 Å². The molecule has 2 amide bonds. The van der Waals surface area contributed by atoms with Crippen molar-refractivity contribution in [2.75, 3.05) is 10.6 Å². The van der Waals surface area contributed by atoms with E-state index in [1.165, 1.54) is 6.92 Å². The van der Waals surface area contributed by atoms with Crippen LogP contribution in [0.5, 0.6) is 0 Å². The highest BCUT2D eigenvalue weighted by atomic mass is 16.2. The van der Waals surface area contributed by atoms with E-state index in [2.05, 4.69) is 16.7 Å². The zero-order valence-electron chi connectivity index (χ0n) is 12.8. The van der Waals surface area contributed by atoms with E-state index in [9.17, 15) is 9.59 Å². The predicted molar refractivity (Wildman–Crippen MR) is 88.9 cm³/mol. The first-order chi connectivity index (χ1) is 11.1. The van der Waals surface area contributed by atoms with Crippen LogP contribution in [0.4, 0.5) is 11.4 Å². The molecular formula is C18H17N3O2. The lowest BCUT2D eigenvalue weighted by Crippen LogP contribution is -2.12. The average Bonchev–Trinajstić information content (AvgIpc) is 2.55. The van der Waals surface area contributed by atoms with Crippen LogP contribution >= 0.6 is 0 Å². The van der Waals surface area contributed by atoms with E-state index in [-0.39, 0.29) is 11.8 Å². The maximum Gasteiger partial charge on any atom is 0.224 e. The van der Waals surface area contributed by atoms with E-state index in [1.807, 2.05) is 12.1 Å². The van der Waals surface area contributed by atoms with E-state index >= 15 is 0 Å². The Bertz CT molecular complexity index is 728. The van der Waals surface area contributed by atoms with Crippen molar-refractivity contribution in [2.24, 2.45) is 0 Å². The summed E-state index contributed by atoms with van der Waals surface area (Å²) in [4.78, 5) is 22.9. The second kappa shape index (κ2) is 7.76. The molecule has 23 heavy (non-hydrogen) atoms. The van der Waals surface area contributed by atoms with Gasteiger partial charge in [-0.2, -0.15) is 5.26 Å². The highest BCUT2D eigenvalue weighted by Gasteiger charge is 2.04. The highest BCUT2D eigenvalue weighted by Crippen LogP contribution is 2.14. The Morgan fingerprint density at radius 1 is 0.957 bits per heavy atom. The lowest BCUT2D eigenvalue weighted by Gasteiger charge is -2.07. The fraction of sp³-hybridized carbons (Fsp3) is 0.167. The molecule has 0 bridgehead atoms. The molecule has 0 radical (unpaired) electrons. The van der Waals surface area contributed by atoms with Gasteiger partial charge in [0, 0.05) is 24.7 Å². The molecule has 0 aliphatic rings. The lowest BCUT2D eigenvalue weighted by molar-refractivity contribution is -0.116. The van der Waals surface area contributed by atoms with E-state index < -0.39 is 0 Å². The Morgan fingerprint density at radius 3 is 2.04 bits per heavy atom. The molecule has 5 heteroatoms. The molecule has 2 aromatic rings. The van der Waals surface area contributed by atoms with Crippen LogP contribution in [0.15, 0.2) is 48.5 Å². The highest BCUT2D eigenvalue weighted by molar-refractivity contribution is 5.92. The van der Waals surface area contributed by atoms with Crippen molar-refractivity contribution in [3.8, 4) is 6.07 Å². The molecule has 2 aromatic carbocycles. The molecule has 0 unspecified atom stereocenters. The van der Waals surface area contributed by atoms with E-state index in [0.29, 0.717) is 29.8 Å². The van der Waals surface area contributed by atoms with Gasteiger partial charge >= 0.3 is 0 Å². The number of amides is 2. The molecule has 0 heterocycles. The summed E-state index contributed by atoms with van der Waals surface area (Å²) in [5.74, 6) is -0.217. The number of benzene rings is 2. The van der Waals surface area contributed by atoms with Gasteiger partial charge in [-0.3, -0.25) is 9.59 Å². The van der Waals surface area contributed by atoms with Gasteiger partial charge in [0.25, 0.3) is 0 Å². The molecule has 0 saturated heterocycles. The van der Waals surface area contributed by atoms with Crippen molar-refractivity contribution in [1.29, 1.82) is 5.26 Å². The predicted octanol–water partition coefficient (Wildman–Crippen LogP) is 3.09. The van der Waals surface area contributed by atoms with Crippen LogP contribution in [-0.2, 0) is 16.0 Å². The third-order valence-electron chi connectivity index (χ3n) is 3.21. The van der Waals surface area contributed by atoms with Gasteiger partial charge in [0.1, 0.15) is 0 Å². The number of anilines is 2. The molecule has 116 valence electrons. The van der Waals surface area contributed by atoms with E-state index in [0.717, 1.165) is 5.56 Å². The zero-order chi connectivity index (χ0) is 16.7. The Labute approximate surface area is 134 Å². The number of aryl methyl sites for hydroxylation is 1. The molecule has 5 nitrogen and oxygen atoms in total. The van der Waals surface area contributed by atoms with Crippen LogP contribution in [0, 0.1) is 11.3 Å². The minimum absolute atomic E-state index is 0.0818. The van der Waals surface area contributed by atoms with Crippen LogP contribution in [0.1, 0.15) is 24.5 Å². The summed E-state index contributed by atoms with van der Waals surface area (Å²) in [5, 5.41) is 14.2. The minimum atomic E-state index is -0.135. The fourth-order valence-corrected chi connectivity index (χ4v) is 2.07. The lowest BCUT2D eigenvalue weighted by atomic mass is 10.1. The molecule has 0 atom stereocenters. The maximum absolute atomic E-state index is 11.9. The zero-order valence-corrected chi connectivity index (χ0v) is 12.8. The summed E-state index contributed by atoms with van der Waals surface area (Å²) >= 11 is 0. The number of hydrogen-bond acceptors (Lipinski definition) is 3. The number of nitriles is 1. The van der Waals surface area contributed by atoms with Gasteiger partial charge in [-0.25, -0.2) is 0 Å². The number of carbonyl (C=O) groups excluding carboxylic acids is 2. The van der Waals surface area contributed by atoms with Gasteiger partial charge in [-0.05, 0) is 48.4 Å². The van der Waals surface area contributed by atoms with Crippen LogP contribution in [-0.4, -0.2) is 11.8 Å². The summed E-state index contributed by atoms with van der Waals surface area (Å²) in [6.07, 6.45) is 0.973. The molecule has 0 fully saturated rings. The van der Waals surface area contributed by atoms with Crippen molar-refractivity contribution in [3.63, 3.8) is 0 Å². The molecule has 2 rings (SSSR count). The van der Waals surface area contributed by atoms with Crippen molar-refractivity contribution < 1.29 is 9.59 Å². The molecule has 0 saturated carbocycles. The first-order valence-corrected chi connectivity index (χ1v) is 7.23. The SMILES string of the molecule is CC(=O)Nc1ccc(NC(=O)CCc2ccc(C#N)cc2)cc1. The molecule has 2 N–H and O–H groups in total. The van der Waals surface area contributed by atoms with Crippen LogP contribution in [0.25, 0.3) is 0 Å². The van der Waals surface area contributed by atoms with Gasteiger partial charge in [0.15, 0.2) is 0 Å². The maximum atomic E-state index is 11.9. The number of hydrogen-bond donors (Lipinski definition) is 2. The molecule has 0 spiro atoms. The smallest absolute Gasteiger partial charge is 0.224 e. The van der Waals surface area contributed by atoms with Crippen LogP contribution < -0.4 is 10.6 Å². The average molecular weight is 307 g/mol. The third-order valence-corrected chi connectivity index (χ3v) is 3.21. The van der Waals surface area contributed by atoms with Gasteiger partial charge in [0.2, 0.25) is 11.8 Å². The number of nitrogens with one attached hydrogen (secondary N) is 2. The van der Waals surface area contributed by atoms with E-state index in [1.54, 1.807) is 36.4 Å². The Morgan fingerprint density at radius 2 is 1.52 bits per heavy atom. The molecule has 0 aromatic heterocycles. The number of carbonyl (C=O) groups is 2. The molecule has 0 aliphatic carbocycles.